The maximum absolute atomic E-state index is 12.8. The lowest BCUT2D eigenvalue weighted by molar-refractivity contribution is -0.232. The lowest BCUT2D eigenvalue weighted by Gasteiger charge is -2.34. The van der Waals surface area contributed by atoms with Crippen LogP contribution in [0, 0.1) is 0 Å². The van der Waals surface area contributed by atoms with Crippen molar-refractivity contribution in [1.82, 2.24) is 9.96 Å². The predicted molar refractivity (Wildman–Crippen MR) is 111 cm³/mol. The standard InChI is InChI=1S/C23H26N2O5/c1-23(2,3)30-25(15-26)17(12-16-8-7-9-18(13-16)29-4)14-24-21(27)19-10-5-6-11-20(19)22(24)28/h5-11,13,15,17H,12,14H2,1-4H3. The van der Waals surface area contributed by atoms with Crippen LogP contribution < -0.4 is 4.74 Å². The second kappa shape index (κ2) is 8.67. The summed E-state index contributed by atoms with van der Waals surface area (Å²) in [7, 11) is 1.58. The van der Waals surface area contributed by atoms with Gasteiger partial charge in [-0.1, -0.05) is 24.3 Å². The van der Waals surface area contributed by atoms with Crippen LogP contribution in [0.25, 0.3) is 0 Å². The van der Waals surface area contributed by atoms with Gasteiger partial charge in [-0.15, -0.1) is 0 Å². The average molecular weight is 410 g/mol. The van der Waals surface area contributed by atoms with E-state index in [2.05, 4.69) is 0 Å². The third kappa shape index (κ3) is 4.68. The fourth-order valence-corrected chi connectivity index (χ4v) is 3.42. The summed E-state index contributed by atoms with van der Waals surface area (Å²) in [6, 6.07) is 13.6. The second-order valence-corrected chi connectivity index (χ2v) is 8.14. The van der Waals surface area contributed by atoms with Crippen LogP contribution in [0.5, 0.6) is 5.75 Å². The van der Waals surface area contributed by atoms with E-state index in [1.165, 1.54) is 9.96 Å². The minimum Gasteiger partial charge on any atom is -0.497 e. The van der Waals surface area contributed by atoms with Gasteiger partial charge in [-0.3, -0.25) is 24.1 Å². The van der Waals surface area contributed by atoms with Crippen LogP contribution in [-0.4, -0.2) is 53.5 Å². The van der Waals surface area contributed by atoms with Crippen molar-refractivity contribution in [1.29, 1.82) is 0 Å². The highest BCUT2D eigenvalue weighted by Crippen LogP contribution is 2.25. The van der Waals surface area contributed by atoms with E-state index in [9.17, 15) is 14.4 Å². The van der Waals surface area contributed by atoms with E-state index in [0.29, 0.717) is 29.7 Å². The molecule has 3 amide bonds. The molecule has 2 aromatic carbocycles. The van der Waals surface area contributed by atoms with Crippen LogP contribution >= 0.6 is 0 Å². The van der Waals surface area contributed by atoms with E-state index in [4.69, 9.17) is 9.57 Å². The molecule has 0 N–H and O–H groups in total. The van der Waals surface area contributed by atoms with Gasteiger partial charge in [0, 0.05) is 0 Å². The molecule has 0 spiro atoms. The highest BCUT2D eigenvalue weighted by molar-refractivity contribution is 6.21. The fraction of sp³-hybridized carbons (Fsp3) is 0.348. The van der Waals surface area contributed by atoms with Gasteiger partial charge < -0.3 is 4.74 Å². The summed E-state index contributed by atoms with van der Waals surface area (Å²) in [6.07, 6.45) is 0.966. The molecule has 0 saturated heterocycles. The molecule has 158 valence electrons. The number of amides is 3. The molecule has 0 bridgehead atoms. The van der Waals surface area contributed by atoms with Gasteiger partial charge in [0.2, 0.25) is 6.41 Å². The normalized spacial score (nSPS) is 14.5. The van der Waals surface area contributed by atoms with Crippen LogP contribution in [-0.2, 0) is 16.1 Å². The molecular weight excluding hydrogens is 384 g/mol. The Morgan fingerprint density at radius 1 is 1.03 bits per heavy atom. The Hall–Kier alpha value is -3.19. The topological polar surface area (TPSA) is 76.2 Å². The number of fused-ring (bicyclic) bond motifs is 1. The fourth-order valence-electron chi connectivity index (χ4n) is 3.42. The molecule has 0 radical (unpaired) electrons. The molecule has 1 aliphatic heterocycles. The number of hydrogen-bond acceptors (Lipinski definition) is 5. The summed E-state index contributed by atoms with van der Waals surface area (Å²) in [6.45, 7) is 5.49. The van der Waals surface area contributed by atoms with Crippen molar-refractivity contribution in [2.45, 2.75) is 38.8 Å². The van der Waals surface area contributed by atoms with Crippen LogP contribution in [0.1, 0.15) is 47.1 Å². The summed E-state index contributed by atoms with van der Waals surface area (Å²) >= 11 is 0. The largest absolute Gasteiger partial charge is 0.497 e. The van der Waals surface area contributed by atoms with Crippen LogP contribution in [0.15, 0.2) is 48.5 Å². The van der Waals surface area contributed by atoms with Gasteiger partial charge in [0.05, 0.1) is 36.4 Å². The summed E-state index contributed by atoms with van der Waals surface area (Å²) in [5, 5.41) is 1.20. The molecule has 1 heterocycles. The quantitative estimate of drug-likeness (QED) is 0.380. The van der Waals surface area contributed by atoms with E-state index in [0.717, 1.165) is 5.56 Å². The molecular formula is C23H26N2O5. The zero-order valence-corrected chi connectivity index (χ0v) is 17.6. The average Bonchev–Trinajstić information content (AvgIpc) is 2.96. The van der Waals surface area contributed by atoms with Crippen molar-refractivity contribution in [3.8, 4) is 5.75 Å². The first-order valence-electron chi connectivity index (χ1n) is 9.74. The lowest BCUT2D eigenvalue weighted by atomic mass is 10.0. The van der Waals surface area contributed by atoms with Gasteiger partial charge in [-0.05, 0) is 57.0 Å². The number of ether oxygens (including phenoxy) is 1. The van der Waals surface area contributed by atoms with Crippen molar-refractivity contribution >= 4 is 18.2 Å². The minimum absolute atomic E-state index is 0.0123. The smallest absolute Gasteiger partial charge is 0.261 e. The van der Waals surface area contributed by atoms with Gasteiger partial charge >= 0.3 is 0 Å². The van der Waals surface area contributed by atoms with Crippen molar-refractivity contribution < 1.29 is 24.0 Å². The zero-order chi connectivity index (χ0) is 21.9. The van der Waals surface area contributed by atoms with E-state index in [-0.39, 0.29) is 18.4 Å². The van der Waals surface area contributed by atoms with E-state index in [1.807, 2.05) is 45.0 Å². The molecule has 7 nitrogen and oxygen atoms in total. The number of methoxy groups -OCH3 is 1. The first-order chi connectivity index (χ1) is 14.2. The monoisotopic (exact) mass is 410 g/mol. The maximum atomic E-state index is 12.8. The first-order valence-corrected chi connectivity index (χ1v) is 9.74. The van der Waals surface area contributed by atoms with E-state index < -0.39 is 11.6 Å². The molecule has 1 aliphatic rings. The SMILES string of the molecule is COc1cccc(CC(CN2C(=O)c3ccccc3C2=O)N(C=O)OC(C)(C)C)c1. The summed E-state index contributed by atoms with van der Waals surface area (Å²) < 4.78 is 5.28. The Balaban J connectivity index is 1.90. The predicted octanol–water partition coefficient (Wildman–Crippen LogP) is 3.09. The van der Waals surface area contributed by atoms with Gasteiger partial charge in [-0.2, -0.15) is 0 Å². The Morgan fingerprint density at radius 2 is 1.67 bits per heavy atom. The molecule has 0 saturated carbocycles. The van der Waals surface area contributed by atoms with Gasteiger partial charge in [-0.25, -0.2) is 5.06 Å². The van der Waals surface area contributed by atoms with Crippen LogP contribution in [0.4, 0.5) is 0 Å². The molecule has 30 heavy (non-hydrogen) atoms. The van der Waals surface area contributed by atoms with Gasteiger partial charge in [0.1, 0.15) is 5.75 Å². The third-order valence-corrected chi connectivity index (χ3v) is 4.72. The van der Waals surface area contributed by atoms with E-state index in [1.54, 1.807) is 31.4 Å². The molecule has 2 aromatic rings. The molecule has 3 rings (SSSR count). The summed E-state index contributed by atoms with van der Waals surface area (Å²) in [5.74, 6) is -0.0536. The zero-order valence-electron chi connectivity index (χ0n) is 17.6. The Kier molecular flexibility index (Phi) is 6.22. The summed E-state index contributed by atoms with van der Waals surface area (Å²) in [4.78, 5) is 44.5. The number of nitrogens with zero attached hydrogens (tertiary/aromatic N) is 2. The van der Waals surface area contributed by atoms with Crippen molar-refractivity contribution in [3.63, 3.8) is 0 Å². The van der Waals surface area contributed by atoms with Crippen LogP contribution in [0.2, 0.25) is 0 Å². The number of hydrogen-bond donors (Lipinski definition) is 0. The number of benzene rings is 2. The number of rotatable bonds is 8. The molecule has 0 aromatic heterocycles. The highest BCUT2D eigenvalue weighted by atomic mass is 16.7. The number of imide groups is 1. The molecule has 7 heteroatoms. The van der Waals surface area contributed by atoms with E-state index >= 15 is 0 Å². The molecule has 0 aliphatic carbocycles. The highest BCUT2D eigenvalue weighted by Gasteiger charge is 2.38. The number of carbonyl (C=O) groups excluding carboxylic acids is 3. The Labute approximate surface area is 176 Å². The first kappa shape index (κ1) is 21.5. The minimum atomic E-state index is -0.629. The van der Waals surface area contributed by atoms with Gasteiger partial charge in [0.15, 0.2) is 0 Å². The second-order valence-electron chi connectivity index (χ2n) is 8.14. The van der Waals surface area contributed by atoms with Crippen LogP contribution in [0.3, 0.4) is 0 Å². The maximum Gasteiger partial charge on any atom is 0.261 e. The third-order valence-electron chi connectivity index (χ3n) is 4.72. The molecule has 0 fully saturated rings. The Bertz CT molecular complexity index is 916. The summed E-state index contributed by atoms with van der Waals surface area (Å²) in [5.41, 5.74) is 1.00. The lowest BCUT2D eigenvalue weighted by Crippen LogP contribution is -2.49. The van der Waals surface area contributed by atoms with Gasteiger partial charge in [0.25, 0.3) is 11.8 Å². The molecule has 1 atom stereocenters. The molecule has 1 unspecified atom stereocenters. The number of carbonyl (C=O) groups is 3. The number of hydroxylamine groups is 2. The Morgan fingerprint density at radius 3 is 2.20 bits per heavy atom. The van der Waals surface area contributed by atoms with Crippen molar-refractivity contribution in [3.05, 3.63) is 65.2 Å². The van der Waals surface area contributed by atoms with Crippen molar-refractivity contribution in [2.24, 2.45) is 0 Å². The van der Waals surface area contributed by atoms with Crippen molar-refractivity contribution in [2.75, 3.05) is 13.7 Å².